The first kappa shape index (κ1) is 21.8. The highest BCUT2D eigenvalue weighted by Gasteiger charge is 2.24. The van der Waals surface area contributed by atoms with E-state index in [9.17, 15) is 21.6 Å². The van der Waals surface area contributed by atoms with Gasteiger partial charge < -0.3 is 4.74 Å². The van der Waals surface area contributed by atoms with Gasteiger partial charge in [0.25, 0.3) is 10.0 Å². The summed E-state index contributed by atoms with van der Waals surface area (Å²) < 4.78 is 58.9. The molecule has 0 aliphatic heterocycles. The average Bonchev–Trinajstić information content (AvgIpc) is 2.96. The molecule has 1 aromatic heterocycles. The van der Waals surface area contributed by atoms with Crippen molar-refractivity contribution in [3.63, 3.8) is 0 Å². The van der Waals surface area contributed by atoms with E-state index in [1.54, 1.807) is 13.8 Å². The van der Waals surface area contributed by atoms with E-state index in [2.05, 4.69) is 30.1 Å². The largest absolute Gasteiger partial charge is 0.465 e. The van der Waals surface area contributed by atoms with Crippen molar-refractivity contribution in [2.45, 2.75) is 29.7 Å². The summed E-state index contributed by atoms with van der Waals surface area (Å²) in [4.78, 5) is 11.6. The summed E-state index contributed by atoms with van der Waals surface area (Å²) in [5, 5.41) is 0. The number of rotatable bonds is 7. The Hall–Kier alpha value is -1.47. The number of carbonyl (C=O) groups is 1. The third-order valence-electron chi connectivity index (χ3n) is 3.14. The van der Waals surface area contributed by atoms with Crippen LogP contribution in [0.4, 0.5) is 5.69 Å². The molecule has 12 heteroatoms. The molecule has 0 fully saturated rings. The minimum atomic E-state index is -3.99. The van der Waals surface area contributed by atoms with E-state index in [0.29, 0.717) is 0 Å². The van der Waals surface area contributed by atoms with Gasteiger partial charge in [0.05, 0.1) is 15.8 Å². The van der Waals surface area contributed by atoms with Gasteiger partial charge in [-0.15, -0.1) is 11.3 Å². The predicted molar refractivity (Wildman–Crippen MR) is 106 cm³/mol. The number of esters is 1. The molecule has 0 aliphatic rings. The van der Waals surface area contributed by atoms with Crippen molar-refractivity contribution in [3.05, 3.63) is 39.0 Å². The molecular formula is C15H17BrN2O6S3. The lowest BCUT2D eigenvalue weighted by Crippen LogP contribution is -2.30. The molecule has 27 heavy (non-hydrogen) atoms. The zero-order valence-corrected chi connectivity index (χ0v) is 18.6. The van der Waals surface area contributed by atoms with Crippen molar-refractivity contribution < 1.29 is 26.4 Å². The number of hydrogen-bond donors (Lipinski definition) is 2. The highest BCUT2D eigenvalue weighted by atomic mass is 79.9. The first-order valence-electron chi connectivity index (χ1n) is 7.49. The van der Waals surface area contributed by atoms with Crippen LogP contribution < -0.4 is 9.44 Å². The zero-order chi connectivity index (χ0) is 20.4. The quantitative estimate of drug-likeness (QED) is 0.568. The van der Waals surface area contributed by atoms with E-state index in [4.69, 9.17) is 0 Å². The number of nitrogens with one attached hydrogen (secondary N) is 2. The van der Waals surface area contributed by atoms with Crippen molar-refractivity contribution in [1.82, 2.24) is 4.72 Å². The zero-order valence-electron chi connectivity index (χ0n) is 14.5. The predicted octanol–water partition coefficient (Wildman–Crippen LogP) is 2.78. The first-order chi connectivity index (χ1) is 12.5. The Morgan fingerprint density at radius 3 is 2.22 bits per heavy atom. The van der Waals surface area contributed by atoms with Gasteiger partial charge in [-0.3, -0.25) is 4.72 Å². The van der Waals surface area contributed by atoms with Gasteiger partial charge in [0.15, 0.2) is 0 Å². The summed E-state index contributed by atoms with van der Waals surface area (Å²) in [5.41, 5.74) is 0.177. The van der Waals surface area contributed by atoms with Crippen LogP contribution in [-0.4, -0.2) is 36.0 Å². The lowest BCUT2D eigenvalue weighted by atomic mass is 10.3. The highest BCUT2D eigenvalue weighted by Crippen LogP contribution is 2.33. The summed E-state index contributed by atoms with van der Waals surface area (Å²) >= 11 is 4.06. The summed E-state index contributed by atoms with van der Waals surface area (Å²) in [6.45, 7) is 3.39. The summed E-state index contributed by atoms with van der Waals surface area (Å²) in [7, 11) is -6.46. The van der Waals surface area contributed by atoms with Crippen molar-refractivity contribution in [3.8, 4) is 0 Å². The third-order valence-corrected chi connectivity index (χ3v) is 8.43. The number of carbonyl (C=O) groups excluding carboxylic acids is 1. The molecule has 148 valence electrons. The molecule has 8 nitrogen and oxygen atoms in total. The number of thiophene rings is 1. The normalized spacial score (nSPS) is 12.2. The molecule has 1 aromatic carbocycles. The van der Waals surface area contributed by atoms with E-state index < -0.39 is 26.0 Å². The van der Waals surface area contributed by atoms with E-state index in [1.807, 2.05) is 0 Å². The van der Waals surface area contributed by atoms with Crippen LogP contribution in [0.1, 0.15) is 23.5 Å². The maximum atomic E-state index is 12.6. The van der Waals surface area contributed by atoms with Gasteiger partial charge in [0.1, 0.15) is 9.77 Å². The van der Waals surface area contributed by atoms with Crippen molar-refractivity contribution >= 4 is 59.0 Å². The maximum Gasteiger partial charge on any atom is 0.348 e. The maximum absolute atomic E-state index is 12.6. The number of benzene rings is 1. The minimum Gasteiger partial charge on any atom is -0.465 e. The summed E-state index contributed by atoms with van der Waals surface area (Å²) in [6.07, 6.45) is 0. The van der Waals surface area contributed by atoms with Crippen molar-refractivity contribution in [2.24, 2.45) is 0 Å². The van der Waals surface area contributed by atoms with E-state index in [-0.39, 0.29) is 30.2 Å². The number of sulfonamides is 2. The molecular weight excluding hydrogens is 480 g/mol. The fourth-order valence-corrected chi connectivity index (χ4v) is 6.82. The van der Waals surface area contributed by atoms with Crippen LogP contribution in [0.2, 0.25) is 0 Å². The van der Waals surface area contributed by atoms with Gasteiger partial charge in [-0.25, -0.2) is 26.4 Å². The van der Waals surface area contributed by atoms with Crippen LogP contribution >= 0.6 is 27.3 Å². The molecule has 0 spiro atoms. The smallest absolute Gasteiger partial charge is 0.348 e. The second kappa shape index (κ2) is 8.27. The Morgan fingerprint density at radius 2 is 1.70 bits per heavy atom. The number of methoxy groups -OCH3 is 1. The Bertz CT molecular complexity index is 1040. The lowest BCUT2D eigenvalue weighted by Gasteiger charge is -2.11. The van der Waals surface area contributed by atoms with Crippen LogP contribution in [-0.2, 0) is 24.8 Å². The molecule has 0 atom stereocenters. The number of anilines is 1. The fraction of sp³-hybridized carbons (Fsp3) is 0.267. The molecule has 0 amide bonds. The monoisotopic (exact) mass is 496 g/mol. The Morgan fingerprint density at radius 1 is 1.11 bits per heavy atom. The van der Waals surface area contributed by atoms with E-state index >= 15 is 0 Å². The van der Waals surface area contributed by atoms with Crippen molar-refractivity contribution in [1.29, 1.82) is 0 Å². The molecule has 1 heterocycles. The molecule has 0 unspecified atom stereocenters. The molecule has 0 saturated heterocycles. The third kappa shape index (κ3) is 5.29. The molecule has 2 rings (SSSR count). The fourth-order valence-electron chi connectivity index (χ4n) is 2.03. The van der Waals surface area contributed by atoms with Crippen LogP contribution in [0.15, 0.2) is 43.9 Å². The Kier molecular flexibility index (Phi) is 6.68. The average molecular weight is 497 g/mol. The molecule has 2 aromatic rings. The molecule has 0 radical (unpaired) electrons. The first-order valence-corrected chi connectivity index (χ1v) is 12.1. The van der Waals surface area contributed by atoms with Crippen LogP contribution in [0.5, 0.6) is 0 Å². The lowest BCUT2D eigenvalue weighted by molar-refractivity contribution is 0.0606. The van der Waals surface area contributed by atoms with E-state index in [1.165, 1.54) is 37.4 Å². The summed E-state index contributed by atoms with van der Waals surface area (Å²) in [6, 6.07) is 6.21. The molecule has 0 bridgehead atoms. The number of ether oxygens (including phenoxy) is 1. The van der Waals surface area contributed by atoms with Crippen molar-refractivity contribution in [2.75, 3.05) is 11.8 Å². The van der Waals surface area contributed by atoms with Gasteiger partial charge in [0.2, 0.25) is 10.0 Å². The standard InChI is InChI=1S/C15H17BrN2O6S3/c1-9(2)17-26(20,21)11-6-4-10(5-7-11)18-27(22,23)13-8-12(15(19)24-3)25-14(13)16/h4-9,17-18H,1-3H3. The topological polar surface area (TPSA) is 119 Å². The summed E-state index contributed by atoms with van der Waals surface area (Å²) in [5.74, 6) is -0.644. The minimum absolute atomic E-state index is 0.0174. The van der Waals surface area contributed by atoms with Gasteiger partial charge in [-0.1, -0.05) is 0 Å². The van der Waals surface area contributed by atoms with Crippen LogP contribution in [0.3, 0.4) is 0 Å². The molecule has 0 saturated carbocycles. The Labute approximate surface area is 170 Å². The van der Waals surface area contributed by atoms with Crippen LogP contribution in [0.25, 0.3) is 0 Å². The highest BCUT2D eigenvalue weighted by molar-refractivity contribution is 9.11. The van der Waals surface area contributed by atoms with Gasteiger partial charge >= 0.3 is 5.97 Å². The Balaban J connectivity index is 2.26. The molecule has 2 N–H and O–H groups in total. The van der Waals surface area contributed by atoms with Gasteiger partial charge in [-0.05, 0) is 60.1 Å². The van der Waals surface area contributed by atoms with Gasteiger partial charge in [-0.2, -0.15) is 0 Å². The number of halogens is 1. The molecule has 0 aliphatic carbocycles. The number of hydrogen-bond acceptors (Lipinski definition) is 7. The van der Waals surface area contributed by atoms with Gasteiger partial charge in [0, 0.05) is 11.7 Å². The SMILES string of the molecule is COC(=O)c1cc(S(=O)(=O)Nc2ccc(S(=O)(=O)NC(C)C)cc2)c(Br)s1. The van der Waals surface area contributed by atoms with E-state index in [0.717, 1.165) is 11.3 Å². The second-order valence-corrected chi connectivity index (χ2v) is 11.4. The van der Waals surface area contributed by atoms with Crippen LogP contribution in [0, 0.1) is 0 Å². The second-order valence-electron chi connectivity index (χ2n) is 5.65.